The standard InChI is InChI=1S/C25H30N2O3S/c1-24(2,3)30-23(28)27-17-18(19-6-4-5-7-21(19)27)16-26-12-10-25(11-13-26)20-9-15-31-22(20)8-14-29-25/h4-7,9,15,17H,8,10-14,16H2,1-3H3. The van der Waals surface area contributed by atoms with Crippen LogP contribution in [0.25, 0.3) is 10.9 Å². The number of hydrogen-bond donors (Lipinski definition) is 0. The predicted molar refractivity (Wildman–Crippen MR) is 124 cm³/mol. The first-order chi connectivity index (χ1) is 14.8. The number of hydrogen-bond acceptors (Lipinski definition) is 5. The Morgan fingerprint density at radius 3 is 2.74 bits per heavy atom. The van der Waals surface area contributed by atoms with E-state index in [-0.39, 0.29) is 11.7 Å². The summed E-state index contributed by atoms with van der Waals surface area (Å²) in [5.41, 5.74) is 2.86. The Morgan fingerprint density at radius 2 is 1.97 bits per heavy atom. The van der Waals surface area contributed by atoms with Crippen molar-refractivity contribution in [2.75, 3.05) is 19.7 Å². The van der Waals surface area contributed by atoms with Gasteiger partial charge in [-0.3, -0.25) is 9.47 Å². The molecule has 0 aliphatic carbocycles. The van der Waals surface area contributed by atoms with Crippen LogP contribution in [0.15, 0.2) is 41.9 Å². The molecular formula is C25H30N2O3S. The molecule has 2 aliphatic rings. The number of carbonyl (C=O) groups is 1. The van der Waals surface area contributed by atoms with Gasteiger partial charge in [0.1, 0.15) is 5.60 Å². The van der Waals surface area contributed by atoms with Crippen LogP contribution in [0.3, 0.4) is 0 Å². The predicted octanol–water partition coefficient (Wildman–Crippen LogP) is 5.55. The molecule has 2 aromatic heterocycles. The van der Waals surface area contributed by atoms with Crippen molar-refractivity contribution in [2.24, 2.45) is 0 Å². The van der Waals surface area contributed by atoms with Crippen LogP contribution in [0.2, 0.25) is 0 Å². The zero-order chi connectivity index (χ0) is 21.6. The van der Waals surface area contributed by atoms with Gasteiger partial charge in [-0.2, -0.15) is 0 Å². The van der Waals surface area contributed by atoms with Crippen molar-refractivity contribution >= 4 is 28.3 Å². The molecule has 1 saturated heterocycles. The Hall–Kier alpha value is -2.15. The Morgan fingerprint density at radius 1 is 1.19 bits per heavy atom. The topological polar surface area (TPSA) is 43.7 Å². The molecular weight excluding hydrogens is 408 g/mol. The molecule has 0 radical (unpaired) electrons. The minimum absolute atomic E-state index is 0.103. The molecule has 3 aromatic rings. The molecule has 2 aliphatic heterocycles. The summed E-state index contributed by atoms with van der Waals surface area (Å²) >= 11 is 1.87. The summed E-state index contributed by atoms with van der Waals surface area (Å²) in [7, 11) is 0. The van der Waals surface area contributed by atoms with Crippen molar-refractivity contribution in [3.8, 4) is 0 Å². The molecule has 0 atom stereocenters. The van der Waals surface area contributed by atoms with Gasteiger partial charge in [0.05, 0.1) is 17.7 Å². The van der Waals surface area contributed by atoms with Gasteiger partial charge in [0, 0.05) is 42.5 Å². The number of aromatic nitrogens is 1. The van der Waals surface area contributed by atoms with Crippen molar-refractivity contribution in [1.82, 2.24) is 9.47 Å². The van der Waals surface area contributed by atoms with Gasteiger partial charge in [0.2, 0.25) is 0 Å². The largest absolute Gasteiger partial charge is 0.443 e. The number of thiophene rings is 1. The lowest BCUT2D eigenvalue weighted by atomic mass is 9.82. The van der Waals surface area contributed by atoms with Crippen molar-refractivity contribution in [3.05, 3.63) is 57.9 Å². The Bertz CT molecular complexity index is 1100. The van der Waals surface area contributed by atoms with E-state index in [1.165, 1.54) is 10.4 Å². The normalized spacial score (nSPS) is 18.9. The van der Waals surface area contributed by atoms with Crippen LogP contribution in [0.5, 0.6) is 0 Å². The average Bonchev–Trinajstić information content (AvgIpc) is 3.35. The van der Waals surface area contributed by atoms with Gasteiger partial charge in [0.15, 0.2) is 0 Å². The monoisotopic (exact) mass is 438 g/mol. The lowest BCUT2D eigenvalue weighted by molar-refractivity contribution is -0.0980. The maximum Gasteiger partial charge on any atom is 0.419 e. The minimum atomic E-state index is -0.523. The van der Waals surface area contributed by atoms with Crippen LogP contribution in [-0.2, 0) is 28.0 Å². The SMILES string of the molecule is CC(C)(C)OC(=O)n1cc(CN2CCC3(CC2)OCCc2sccc23)c2ccccc21. The zero-order valence-corrected chi connectivity index (χ0v) is 19.3. The number of fused-ring (bicyclic) bond motifs is 3. The van der Waals surface area contributed by atoms with Crippen LogP contribution in [0, 0.1) is 0 Å². The maximum absolute atomic E-state index is 12.8. The molecule has 6 heteroatoms. The smallest absolute Gasteiger partial charge is 0.419 e. The lowest BCUT2D eigenvalue weighted by Crippen LogP contribution is -2.45. The van der Waals surface area contributed by atoms with E-state index in [4.69, 9.17) is 9.47 Å². The highest BCUT2D eigenvalue weighted by atomic mass is 32.1. The number of likely N-dealkylation sites (tertiary alicyclic amines) is 1. The highest BCUT2D eigenvalue weighted by Crippen LogP contribution is 2.43. The van der Waals surface area contributed by atoms with E-state index in [0.717, 1.165) is 62.0 Å². The summed E-state index contributed by atoms with van der Waals surface area (Å²) in [6, 6.07) is 10.4. The summed E-state index contributed by atoms with van der Waals surface area (Å²) in [5.74, 6) is 0. The summed E-state index contributed by atoms with van der Waals surface area (Å²) in [4.78, 5) is 16.8. The van der Waals surface area contributed by atoms with Crippen LogP contribution in [0.1, 0.15) is 49.6 Å². The Balaban J connectivity index is 1.35. The molecule has 5 nitrogen and oxygen atoms in total. The van der Waals surface area contributed by atoms with Crippen LogP contribution < -0.4 is 0 Å². The third-order valence-electron chi connectivity index (χ3n) is 6.39. The minimum Gasteiger partial charge on any atom is -0.443 e. The van der Waals surface area contributed by atoms with Gasteiger partial charge >= 0.3 is 6.09 Å². The molecule has 4 heterocycles. The first-order valence-electron chi connectivity index (χ1n) is 11.1. The molecule has 0 bridgehead atoms. The highest BCUT2D eigenvalue weighted by Gasteiger charge is 2.41. The average molecular weight is 439 g/mol. The molecule has 0 amide bonds. The quantitative estimate of drug-likeness (QED) is 0.526. The second-order valence-electron chi connectivity index (χ2n) is 9.65. The lowest BCUT2D eigenvalue weighted by Gasteiger charge is -2.44. The second kappa shape index (κ2) is 7.76. The highest BCUT2D eigenvalue weighted by molar-refractivity contribution is 7.10. The van der Waals surface area contributed by atoms with E-state index >= 15 is 0 Å². The first kappa shape index (κ1) is 20.7. The number of benzene rings is 1. The fourth-order valence-corrected chi connectivity index (χ4v) is 5.87. The molecule has 164 valence electrons. The number of para-hydroxylation sites is 1. The molecule has 0 unspecified atom stereocenters. The molecule has 1 aromatic carbocycles. The molecule has 1 spiro atoms. The maximum atomic E-state index is 12.8. The number of carbonyl (C=O) groups excluding carboxylic acids is 1. The molecule has 0 saturated carbocycles. The number of rotatable bonds is 2. The van der Waals surface area contributed by atoms with E-state index in [1.54, 1.807) is 4.57 Å². The third-order valence-corrected chi connectivity index (χ3v) is 7.37. The van der Waals surface area contributed by atoms with Crippen molar-refractivity contribution in [2.45, 2.75) is 57.8 Å². The Labute approximate surface area is 187 Å². The van der Waals surface area contributed by atoms with Crippen molar-refractivity contribution in [1.29, 1.82) is 0 Å². The van der Waals surface area contributed by atoms with E-state index in [9.17, 15) is 4.79 Å². The molecule has 0 N–H and O–H groups in total. The summed E-state index contributed by atoms with van der Waals surface area (Å²) in [5, 5.41) is 3.32. The van der Waals surface area contributed by atoms with Crippen LogP contribution in [0.4, 0.5) is 4.79 Å². The van der Waals surface area contributed by atoms with Gasteiger partial charge < -0.3 is 9.47 Å². The molecule has 31 heavy (non-hydrogen) atoms. The Kier molecular flexibility index (Phi) is 5.19. The number of piperidine rings is 1. The van der Waals surface area contributed by atoms with Gasteiger partial charge in [0.25, 0.3) is 0 Å². The summed E-state index contributed by atoms with van der Waals surface area (Å²) in [6.45, 7) is 9.32. The van der Waals surface area contributed by atoms with Crippen molar-refractivity contribution < 1.29 is 14.3 Å². The second-order valence-corrected chi connectivity index (χ2v) is 10.6. The van der Waals surface area contributed by atoms with E-state index in [2.05, 4.69) is 22.4 Å². The van der Waals surface area contributed by atoms with Gasteiger partial charge in [-0.15, -0.1) is 11.3 Å². The van der Waals surface area contributed by atoms with E-state index in [1.807, 2.05) is 56.5 Å². The van der Waals surface area contributed by atoms with Gasteiger partial charge in [-0.25, -0.2) is 4.79 Å². The van der Waals surface area contributed by atoms with Crippen LogP contribution >= 0.6 is 11.3 Å². The van der Waals surface area contributed by atoms with Crippen LogP contribution in [-0.4, -0.2) is 40.9 Å². The zero-order valence-electron chi connectivity index (χ0n) is 18.5. The van der Waals surface area contributed by atoms with Gasteiger partial charge in [-0.1, -0.05) is 18.2 Å². The molecule has 1 fully saturated rings. The fourth-order valence-electron chi connectivity index (χ4n) is 4.92. The number of nitrogens with zero attached hydrogens (tertiary/aromatic N) is 2. The van der Waals surface area contributed by atoms with Crippen molar-refractivity contribution in [3.63, 3.8) is 0 Å². The third kappa shape index (κ3) is 3.93. The molecule has 5 rings (SSSR count). The summed E-state index contributed by atoms with van der Waals surface area (Å²) < 4.78 is 13.6. The first-order valence-corrected chi connectivity index (χ1v) is 12.0. The fraction of sp³-hybridized carbons (Fsp3) is 0.480. The van der Waals surface area contributed by atoms with E-state index < -0.39 is 5.60 Å². The summed E-state index contributed by atoms with van der Waals surface area (Å²) in [6.07, 6.45) is 4.70. The number of ether oxygens (including phenoxy) is 2. The van der Waals surface area contributed by atoms with E-state index in [0.29, 0.717) is 0 Å². The van der Waals surface area contributed by atoms with Gasteiger partial charge in [-0.05, 0) is 62.3 Å².